The zero-order valence-corrected chi connectivity index (χ0v) is 12.0. The maximum atomic E-state index is 12.6. The fourth-order valence-corrected chi connectivity index (χ4v) is 5.16. The number of carbonyl (C=O) groups excluding carboxylic acids is 1. The molecule has 0 amide bonds. The molecule has 0 saturated heterocycles. The van der Waals surface area contributed by atoms with Crippen LogP contribution < -0.4 is 0 Å². The van der Waals surface area contributed by atoms with Crippen LogP contribution in [0.25, 0.3) is 0 Å². The SMILES string of the molecule is CCC(C(=O)c1ccccc1)S(=O)(=O)C1CCCC1. The second-order valence-corrected chi connectivity index (χ2v) is 7.54. The van der Waals surface area contributed by atoms with Crippen molar-refractivity contribution in [1.82, 2.24) is 0 Å². The van der Waals surface area contributed by atoms with Crippen LogP contribution in [-0.2, 0) is 9.84 Å². The molecule has 1 fully saturated rings. The Bertz CT molecular complexity index is 528. The van der Waals surface area contributed by atoms with Gasteiger partial charge in [0.1, 0.15) is 5.25 Å². The number of ketones is 1. The summed E-state index contributed by atoms with van der Waals surface area (Å²) in [6.45, 7) is 1.78. The number of hydrogen-bond acceptors (Lipinski definition) is 3. The quantitative estimate of drug-likeness (QED) is 0.779. The summed E-state index contributed by atoms with van der Waals surface area (Å²) >= 11 is 0. The minimum absolute atomic E-state index is 0.255. The number of benzene rings is 1. The molecule has 19 heavy (non-hydrogen) atoms. The van der Waals surface area contributed by atoms with Crippen molar-refractivity contribution in [2.75, 3.05) is 0 Å². The molecule has 1 aliphatic rings. The first-order valence-electron chi connectivity index (χ1n) is 6.89. The molecule has 104 valence electrons. The van der Waals surface area contributed by atoms with E-state index in [9.17, 15) is 13.2 Å². The highest BCUT2D eigenvalue weighted by atomic mass is 32.2. The van der Waals surface area contributed by atoms with Crippen LogP contribution in [0.2, 0.25) is 0 Å². The van der Waals surface area contributed by atoms with Gasteiger partial charge in [-0.15, -0.1) is 0 Å². The van der Waals surface area contributed by atoms with Crippen molar-refractivity contribution >= 4 is 15.6 Å². The van der Waals surface area contributed by atoms with Crippen LogP contribution >= 0.6 is 0 Å². The number of Topliss-reactive ketones (excluding diaryl/α,β-unsaturated/α-hetero) is 1. The fourth-order valence-electron chi connectivity index (χ4n) is 2.80. The molecule has 0 aliphatic heterocycles. The zero-order chi connectivity index (χ0) is 13.9. The van der Waals surface area contributed by atoms with Crippen LogP contribution in [0.5, 0.6) is 0 Å². The molecule has 1 aromatic rings. The first-order valence-corrected chi connectivity index (χ1v) is 8.50. The van der Waals surface area contributed by atoms with Gasteiger partial charge in [-0.2, -0.15) is 0 Å². The lowest BCUT2D eigenvalue weighted by Crippen LogP contribution is -2.36. The Morgan fingerprint density at radius 2 is 1.79 bits per heavy atom. The van der Waals surface area contributed by atoms with E-state index >= 15 is 0 Å². The van der Waals surface area contributed by atoms with Crippen LogP contribution in [0.15, 0.2) is 30.3 Å². The van der Waals surface area contributed by atoms with E-state index in [-0.39, 0.29) is 11.0 Å². The van der Waals surface area contributed by atoms with Crippen LogP contribution in [0, 0.1) is 0 Å². The molecular weight excluding hydrogens is 260 g/mol. The number of carbonyl (C=O) groups is 1. The molecule has 1 aliphatic carbocycles. The van der Waals surface area contributed by atoms with Gasteiger partial charge in [-0.1, -0.05) is 50.1 Å². The Morgan fingerprint density at radius 3 is 2.32 bits per heavy atom. The average molecular weight is 280 g/mol. The van der Waals surface area contributed by atoms with Crippen molar-refractivity contribution in [2.45, 2.75) is 49.5 Å². The van der Waals surface area contributed by atoms with Gasteiger partial charge in [0, 0.05) is 5.56 Å². The van der Waals surface area contributed by atoms with Crippen molar-refractivity contribution in [3.63, 3.8) is 0 Å². The molecular formula is C15H20O3S. The van der Waals surface area contributed by atoms with E-state index in [1.807, 2.05) is 6.07 Å². The predicted octanol–water partition coefficient (Wildman–Crippen LogP) is 3.01. The molecule has 1 unspecified atom stereocenters. The molecule has 0 aromatic heterocycles. The minimum atomic E-state index is -3.35. The maximum absolute atomic E-state index is 12.6. The molecule has 0 radical (unpaired) electrons. The summed E-state index contributed by atoms with van der Waals surface area (Å²) in [4.78, 5) is 12.4. The van der Waals surface area contributed by atoms with E-state index in [1.165, 1.54) is 0 Å². The van der Waals surface area contributed by atoms with E-state index in [2.05, 4.69) is 0 Å². The Kier molecular flexibility index (Phi) is 4.40. The van der Waals surface area contributed by atoms with Crippen molar-refractivity contribution in [1.29, 1.82) is 0 Å². The van der Waals surface area contributed by atoms with Crippen molar-refractivity contribution < 1.29 is 13.2 Å². The third-order valence-electron chi connectivity index (χ3n) is 3.88. The molecule has 0 heterocycles. The van der Waals surface area contributed by atoms with Crippen molar-refractivity contribution in [3.05, 3.63) is 35.9 Å². The van der Waals surface area contributed by atoms with E-state index in [0.717, 1.165) is 12.8 Å². The first-order chi connectivity index (χ1) is 9.07. The van der Waals surface area contributed by atoms with E-state index in [0.29, 0.717) is 24.8 Å². The van der Waals surface area contributed by atoms with Gasteiger partial charge >= 0.3 is 0 Å². The maximum Gasteiger partial charge on any atom is 0.180 e. The Hall–Kier alpha value is -1.16. The lowest BCUT2D eigenvalue weighted by Gasteiger charge is -2.19. The summed E-state index contributed by atoms with van der Waals surface area (Å²) < 4.78 is 25.1. The molecule has 2 rings (SSSR count). The molecule has 1 saturated carbocycles. The molecule has 1 aromatic carbocycles. The highest BCUT2D eigenvalue weighted by Gasteiger charge is 2.38. The first kappa shape index (κ1) is 14.3. The van der Waals surface area contributed by atoms with E-state index < -0.39 is 15.1 Å². The summed E-state index contributed by atoms with van der Waals surface area (Å²) in [7, 11) is -3.35. The van der Waals surface area contributed by atoms with Gasteiger partial charge in [0.15, 0.2) is 15.6 Å². The van der Waals surface area contributed by atoms with Gasteiger partial charge in [0.05, 0.1) is 5.25 Å². The third kappa shape index (κ3) is 2.89. The zero-order valence-electron chi connectivity index (χ0n) is 11.2. The van der Waals surface area contributed by atoms with Gasteiger partial charge < -0.3 is 0 Å². The molecule has 0 N–H and O–H groups in total. The lowest BCUT2D eigenvalue weighted by molar-refractivity contribution is 0.0985. The summed E-state index contributed by atoms with van der Waals surface area (Å²) in [5, 5.41) is -1.19. The van der Waals surface area contributed by atoms with E-state index in [4.69, 9.17) is 0 Å². The van der Waals surface area contributed by atoms with Gasteiger partial charge in [-0.25, -0.2) is 8.42 Å². The number of sulfone groups is 1. The summed E-state index contributed by atoms with van der Waals surface area (Å²) in [5.74, 6) is -0.255. The van der Waals surface area contributed by atoms with E-state index in [1.54, 1.807) is 31.2 Å². The largest absolute Gasteiger partial charge is 0.293 e. The molecule has 3 nitrogen and oxygen atoms in total. The van der Waals surface area contributed by atoms with Gasteiger partial charge in [0.25, 0.3) is 0 Å². The Balaban J connectivity index is 2.27. The highest BCUT2D eigenvalue weighted by Crippen LogP contribution is 2.29. The smallest absolute Gasteiger partial charge is 0.180 e. The second kappa shape index (κ2) is 5.87. The fraction of sp³-hybridized carbons (Fsp3) is 0.533. The number of hydrogen-bond donors (Lipinski definition) is 0. The normalized spacial score (nSPS) is 18.4. The summed E-state index contributed by atoms with van der Waals surface area (Å²) in [6.07, 6.45) is 3.69. The van der Waals surface area contributed by atoms with Crippen molar-refractivity contribution in [3.8, 4) is 0 Å². The van der Waals surface area contributed by atoms with Crippen molar-refractivity contribution in [2.24, 2.45) is 0 Å². The second-order valence-electron chi connectivity index (χ2n) is 5.12. The number of rotatable bonds is 5. The molecule has 0 spiro atoms. The average Bonchev–Trinajstić information content (AvgIpc) is 2.95. The lowest BCUT2D eigenvalue weighted by atomic mass is 10.1. The van der Waals surface area contributed by atoms with Crippen LogP contribution in [-0.4, -0.2) is 24.7 Å². The standard InChI is InChI=1S/C15H20O3S/c1-2-14(15(16)12-8-4-3-5-9-12)19(17,18)13-10-6-7-11-13/h3-5,8-9,13-14H,2,6-7,10-11H2,1H3. The molecule has 4 heteroatoms. The Morgan fingerprint density at radius 1 is 1.21 bits per heavy atom. The predicted molar refractivity (Wildman–Crippen MR) is 76.0 cm³/mol. The monoisotopic (exact) mass is 280 g/mol. The summed E-state index contributed by atoms with van der Waals surface area (Å²) in [5.41, 5.74) is 0.496. The van der Waals surface area contributed by atoms with Gasteiger partial charge in [-0.05, 0) is 19.3 Å². The minimum Gasteiger partial charge on any atom is -0.293 e. The summed E-state index contributed by atoms with van der Waals surface area (Å²) in [6, 6.07) is 8.73. The molecule has 0 bridgehead atoms. The highest BCUT2D eigenvalue weighted by molar-refractivity contribution is 7.93. The third-order valence-corrected chi connectivity index (χ3v) is 6.63. The molecule has 1 atom stereocenters. The van der Waals surface area contributed by atoms with Gasteiger partial charge in [-0.3, -0.25) is 4.79 Å². The Labute approximate surface area is 114 Å². The van der Waals surface area contributed by atoms with Crippen LogP contribution in [0.3, 0.4) is 0 Å². The van der Waals surface area contributed by atoms with Crippen LogP contribution in [0.4, 0.5) is 0 Å². The van der Waals surface area contributed by atoms with Crippen LogP contribution in [0.1, 0.15) is 49.4 Å². The van der Waals surface area contributed by atoms with Gasteiger partial charge in [0.2, 0.25) is 0 Å². The topological polar surface area (TPSA) is 51.2 Å².